The largest absolute Gasteiger partial charge is 0.330 e. The lowest BCUT2D eigenvalue weighted by molar-refractivity contribution is 0.769. The summed E-state index contributed by atoms with van der Waals surface area (Å²) < 4.78 is 5.01. The fourth-order valence-corrected chi connectivity index (χ4v) is 3.98. The summed E-state index contributed by atoms with van der Waals surface area (Å²) in [7, 11) is 4.04. The predicted octanol–water partition coefficient (Wildman–Crippen LogP) is 4.13. The summed E-state index contributed by atoms with van der Waals surface area (Å²) in [5.41, 5.74) is 4.27. The van der Waals surface area contributed by atoms with Gasteiger partial charge in [-0.25, -0.2) is 9.97 Å². The van der Waals surface area contributed by atoms with Crippen molar-refractivity contribution in [2.24, 2.45) is 14.1 Å². The van der Waals surface area contributed by atoms with Crippen molar-refractivity contribution in [3.05, 3.63) is 28.3 Å². The van der Waals surface area contributed by atoms with Gasteiger partial charge in [0, 0.05) is 37.2 Å². The third-order valence-electron chi connectivity index (χ3n) is 4.49. The van der Waals surface area contributed by atoms with E-state index in [-0.39, 0.29) is 0 Å². The topological polar surface area (TPSA) is 48.5 Å². The van der Waals surface area contributed by atoms with Gasteiger partial charge in [-0.1, -0.05) is 13.8 Å². The van der Waals surface area contributed by atoms with Gasteiger partial charge < -0.3 is 4.57 Å². The molecule has 0 amide bonds. The Morgan fingerprint density at radius 3 is 2.61 bits per heavy atom. The quantitative estimate of drug-likeness (QED) is 0.693. The summed E-state index contributed by atoms with van der Waals surface area (Å²) in [6, 6.07) is 2.18. The van der Waals surface area contributed by atoms with Crippen LogP contribution in [-0.2, 0) is 14.1 Å². The molecule has 3 heterocycles. The first-order valence-electron chi connectivity index (χ1n) is 8.02. The molecule has 0 aliphatic heterocycles. The average molecular weight is 374 g/mol. The van der Waals surface area contributed by atoms with Crippen LogP contribution < -0.4 is 0 Å². The third kappa shape index (κ3) is 2.40. The highest BCUT2D eigenvalue weighted by Gasteiger charge is 2.31. The Kier molecular flexibility index (Phi) is 3.34. The summed E-state index contributed by atoms with van der Waals surface area (Å²) in [6.07, 6.45) is 4.53. The molecule has 1 fully saturated rings. The van der Waals surface area contributed by atoms with Gasteiger partial charge in [0.2, 0.25) is 0 Å². The number of halogens is 1. The Balaban J connectivity index is 1.97. The highest BCUT2D eigenvalue weighted by molar-refractivity contribution is 9.10. The van der Waals surface area contributed by atoms with Crippen molar-refractivity contribution < 1.29 is 0 Å². The first-order valence-corrected chi connectivity index (χ1v) is 8.81. The number of imidazole rings is 1. The van der Waals surface area contributed by atoms with Crippen LogP contribution in [0.15, 0.2) is 16.9 Å². The number of fused-ring (bicyclic) bond motifs is 1. The lowest BCUT2D eigenvalue weighted by Gasteiger charge is -2.12. The minimum Gasteiger partial charge on any atom is -0.330 e. The summed E-state index contributed by atoms with van der Waals surface area (Å²) in [4.78, 5) is 9.62. The summed E-state index contributed by atoms with van der Waals surface area (Å²) >= 11 is 3.65. The lowest BCUT2D eigenvalue weighted by atomic mass is 10.0. The Bertz CT molecular complexity index is 901. The number of aromatic nitrogens is 5. The molecule has 6 heteroatoms. The SMILES string of the molecule is CC(C)c1nc2nn(C)cc2cc1-c1nc(Br)c(C2CC2)n1C. The third-order valence-corrected chi connectivity index (χ3v) is 5.07. The molecule has 3 aromatic rings. The zero-order valence-electron chi connectivity index (χ0n) is 13.8. The molecule has 120 valence electrons. The van der Waals surface area contributed by atoms with E-state index in [2.05, 4.69) is 52.6 Å². The van der Waals surface area contributed by atoms with Crippen molar-refractivity contribution >= 4 is 27.0 Å². The van der Waals surface area contributed by atoms with E-state index in [9.17, 15) is 0 Å². The number of hydrogen-bond acceptors (Lipinski definition) is 3. The van der Waals surface area contributed by atoms with Gasteiger partial charge in [0.05, 0.1) is 11.4 Å². The highest BCUT2D eigenvalue weighted by Crippen LogP contribution is 2.44. The Morgan fingerprint density at radius 2 is 1.96 bits per heavy atom. The van der Waals surface area contributed by atoms with Crippen molar-refractivity contribution in [3.8, 4) is 11.4 Å². The molecule has 0 bridgehead atoms. The molecule has 0 N–H and O–H groups in total. The van der Waals surface area contributed by atoms with Crippen molar-refractivity contribution in [1.29, 1.82) is 0 Å². The molecular weight excluding hydrogens is 354 g/mol. The van der Waals surface area contributed by atoms with E-state index in [4.69, 9.17) is 9.97 Å². The molecule has 4 rings (SSSR count). The van der Waals surface area contributed by atoms with Crippen LogP contribution in [0.2, 0.25) is 0 Å². The van der Waals surface area contributed by atoms with Crippen molar-refractivity contribution in [2.75, 3.05) is 0 Å². The van der Waals surface area contributed by atoms with Gasteiger partial charge in [-0.05, 0) is 40.8 Å². The van der Waals surface area contributed by atoms with E-state index >= 15 is 0 Å². The van der Waals surface area contributed by atoms with E-state index in [0.29, 0.717) is 11.8 Å². The molecule has 0 radical (unpaired) electrons. The van der Waals surface area contributed by atoms with Crippen LogP contribution >= 0.6 is 15.9 Å². The highest BCUT2D eigenvalue weighted by atomic mass is 79.9. The molecule has 23 heavy (non-hydrogen) atoms. The second-order valence-electron chi connectivity index (χ2n) is 6.74. The zero-order valence-corrected chi connectivity index (χ0v) is 15.4. The van der Waals surface area contributed by atoms with E-state index in [1.54, 1.807) is 0 Å². The van der Waals surface area contributed by atoms with Crippen molar-refractivity contribution in [1.82, 2.24) is 24.3 Å². The minimum atomic E-state index is 0.316. The van der Waals surface area contributed by atoms with Crippen LogP contribution in [0.25, 0.3) is 22.4 Å². The Morgan fingerprint density at radius 1 is 1.22 bits per heavy atom. The standard InChI is InChI=1S/C17H20BrN5/c1-9(2)13-12(7-11-8-22(3)21-16(11)19-13)17-20-15(18)14(23(17)4)10-5-6-10/h7-10H,5-6H2,1-4H3. The fourth-order valence-electron chi connectivity index (χ4n) is 3.22. The van der Waals surface area contributed by atoms with E-state index in [0.717, 1.165) is 32.7 Å². The molecule has 3 aromatic heterocycles. The molecule has 0 atom stereocenters. The van der Waals surface area contributed by atoms with Crippen LogP contribution in [0, 0.1) is 0 Å². The van der Waals surface area contributed by atoms with E-state index in [1.807, 2.05) is 17.9 Å². The predicted molar refractivity (Wildman–Crippen MR) is 94.5 cm³/mol. The molecule has 0 unspecified atom stereocenters. The fraction of sp³-hybridized carbons (Fsp3) is 0.471. The van der Waals surface area contributed by atoms with Gasteiger partial charge in [-0.2, -0.15) is 5.10 Å². The lowest BCUT2D eigenvalue weighted by Crippen LogP contribution is -2.03. The number of aryl methyl sites for hydroxylation is 1. The molecule has 0 saturated heterocycles. The molecule has 1 aliphatic carbocycles. The molecule has 5 nitrogen and oxygen atoms in total. The van der Waals surface area contributed by atoms with Crippen LogP contribution in [0.4, 0.5) is 0 Å². The van der Waals surface area contributed by atoms with Crippen LogP contribution in [0.1, 0.15) is 49.9 Å². The van der Waals surface area contributed by atoms with Crippen molar-refractivity contribution in [2.45, 2.75) is 38.5 Å². The van der Waals surface area contributed by atoms with Gasteiger partial charge in [0.1, 0.15) is 10.4 Å². The van der Waals surface area contributed by atoms with Crippen LogP contribution in [0.3, 0.4) is 0 Å². The normalized spacial score (nSPS) is 15.0. The Labute approximate surface area is 143 Å². The second kappa shape index (κ2) is 5.16. The molecule has 1 saturated carbocycles. The van der Waals surface area contributed by atoms with Gasteiger partial charge in [-0.15, -0.1) is 0 Å². The van der Waals surface area contributed by atoms with Gasteiger partial charge in [-0.3, -0.25) is 4.68 Å². The number of pyridine rings is 1. The first kappa shape index (κ1) is 14.9. The van der Waals surface area contributed by atoms with E-state index < -0.39 is 0 Å². The number of nitrogens with zero attached hydrogens (tertiary/aromatic N) is 5. The second-order valence-corrected chi connectivity index (χ2v) is 7.49. The average Bonchev–Trinajstić information content (AvgIpc) is 3.17. The van der Waals surface area contributed by atoms with E-state index in [1.165, 1.54) is 18.5 Å². The van der Waals surface area contributed by atoms with Crippen molar-refractivity contribution in [3.63, 3.8) is 0 Å². The van der Waals surface area contributed by atoms with Crippen LogP contribution in [0.5, 0.6) is 0 Å². The summed E-state index contributed by atoms with van der Waals surface area (Å²) in [5, 5.41) is 5.50. The smallest absolute Gasteiger partial charge is 0.181 e. The van der Waals surface area contributed by atoms with Gasteiger partial charge in [0.25, 0.3) is 0 Å². The molecule has 0 aromatic carbocycles. The van der Waals surface area contributed by atoms with Gasteiger partial charge in [0.15, 0.2) is 5.65 Å². The van der Waals surface area contributed by atoms with Gasteiger partial charge >= 0.3 is 0 Å². The maximum atomic E-state index is 4.81. The molecular formula is C17H20BrN5. The molecule has 1 aliphatic rings. The first-order chi connectivity index (χ1) is 11.0. The number of hydrogen-bond donors (Lipinski definition) is 0. The molecule has 0 spiro atoms. The zero-order chi connectivity index (χ0) is 16.3. The summed E-state index contributed by atoms with van der Waals surface area (Å²) in [5.74, 6) is 1.95. The maximum Gasteiger partial charge on any atom is 0.181 e. The minimum absolute atomic E-state index is 0.316. The maximum absolute atomic E-state index is 4.81. The monoisotopic (exact) mass is 373 g/mol. The van der Waals surface area contributed by atoms with Crippen LogP contribution in [-0.4, -0.2) is 24.3 Å². The Hall–Kier alpha value is -1.69. The number of rotatable bonds is 3. The summed E-state index contributed by atoms with van der Waals surface area (Å²) in [6.45, 7) is 4.33.